The van der Waals surface area contributed by atoms with Gasteiger partial charge < -0.3 is 4.90 Å². The maximum Gasteiger partial charge on any atom is 0.262 e. The van der Waals surface area contributed by atoms with Crippen LogP contribution in [0, 0.1) is 0 Å². The molecular formula is C15H18Cl3N2O+. The van der Waals surface area contributed by atoms with Gasteiger partial charge in [0, 0.05) is 18.9 Å². The summed E-state index contributed by atoms with van der Waals surface area (Å²) < 4.78 is -1.52. The van der Waals surface area contributed by atoms with E-state index < -0.39 is 9.96 Å². The molecule has 21 heavy (non-hydrogen) atoms. The fourth-order valence-electron chi connectivity index (χ4n) is 2.46. The number of carbonyl (C=O) groups is 1. The Bertz CT molecular complexity index is 493. The maximum absolute atomic E-state index is 12.0. The van der Waals surface area contributed by atoms with Crippen molar-refractivity contribution in [3.05, 3.63) is 42.0 Å². The third kappa shape index (κ3) is 5.19. The highest BCUT2D eigenvalue weighted by Crippen LogP contribution is 2.28. The third-order valence-corrected chi connectivity index (χ3v) is 4.15. The Morgan fingerprint density at radius 1 is 1.19 bits per heavy atom. The first-order valence-electron chi connectivity index (χ1n) is 6.92. The molecule has 114 valence electrons. The number of benzene rings is 1. The summed E-state index contributed by atoms with van der Waals surface area (Å²) in [7, 11) is 0. The number of carbonyl (C=O) groups excluding carboxylic acids is 1. The van der Waals surface area contributed by atoms with Crippen molar-refractivity contribution < 1.29 is 9.69 Å². The molecule has 1 heterocycles. The summed E-state index contributed by atoms with van der Waals surface area (Å²) in [5, 5.41) is 2.81. The molecule has 0 aliphatic carbocycles. The molecule has 2 rings (SSSR count). The topological polar surface area (TPSA) is 33.5 Å². The predicted octanol–water partition coefficient (Wildman–Crippen LogP) is 2.19. The molecule has 1 fully saturated rings. The molecule has 1 aromatic rings. The van der Waals surface area contributed by atoms with E-state index in [1.807, 2.05) is 30.3 Å². The summed E-state index contributed by atoms with van der Waals surface area (Å²) in [5.41, 5.74) is 0.951. The highest BCUT2D eigenvalue weighted by Gasteiger charge is 2.42. The number of hydrogen-bond acceptors (Lipinski definition) is 1. The van der Waals surface area contributed by atoms with Gasteiger partial charge in [-0.2, -0.15) is 0 Å². The van der Waals surface area contributed by atoms with Crippen molar-refractivity contribution in [2.75, 3.05) is 13.1 Å². The number of halogens is 3. The molecule has 6 heteroatoms. The summed E-state index contributed by atoms with van der Waals surface area (Å²) in [6.07, 6.45) is 4.85. The second-order valence-electron chi connectivity index (χ2n) is 5.09. The van der Waals surface area contributed by atoms with Crippen LogP contribution in [0.1, 0.15) is 18.4 Å². The molecule has 1 amide bonds. The van der Waals surface area contributed by atoms with Crippen molar-refractivity contribution in [3.63, 3.8) is 0 Å². The predicted molar refractivity (Wildman–Crippen MR) is 87.6 cm³/mol. The van der Waals surface area contributed by atoms with E-state index in [0.29, 0.717) is 0 Å². The molecule has 0 aromatic heterocycles. The average molecular weight is 349 g/mol. The molecule has 1 aliphatic rings. The van der Waals surface area contributed by atoms with Crippen LogP contribution in [0.25, 0.3) is 6.08 Å². The van der Waals surface area contributed by atoms with Gasteiger partial charge in [-0.1, -0.05) is 65.1 Å². The van der Waals surface area contributed by atoms with Gasteiger partial charge in [-0.05, 0) is 11.6 Å². The minimum absolute atomic E-state index is 0.255. The van der Waals surface area contributed by atoms with Crippen LogP contribution in [0.15, 0.2) is 36.4 Å². The van der Waals surface area contributed by atoms with Crippen LogP contribution in [-0.2, 0) is 4.79 Å². The number of quaternary nitrogens is 1. The monoisotopic (exact) mass is 347 g/mol. The molecule has 0 bridgehead atoms. The lowest BCUT2D eigenvalue weighted by molar-refractivity contribution is -0.915. The zero-order valence-electron chi connectivity index (χ0n) is 11.5. The summed E-state index contributed by atoms with van der Waals surface area (Å²) >= 11 is 18.0. The molecule has 0 radical (unpaired) electrons. The van der Waals surface area contributed by atoms with Crippen molar-refractivity contribution in [1.82, 2.24) is 5.32 Å². The minimum Gasteiger partial charge on any atom is -0.312 e. The van der Waals surface area contributed by atoms with Crippen LogP contribution in [0.2, 0.25) is 0 Å². The smallest absolute Gasteiger partial charge is 0.262 e. The third-order valence-electron chi connectivity index (χ3n) is 3.49. The quantitative estimate of drug-likeness (QED) is 0.635. The van der Waals surface area contributed by atoms with E-state index >= 15 is 0 Å². The second-order valence-corrected chi connectivity index (χ2v) is 7.46. The van der Waals surface area contributed by atoms with Crippen LogP contribution in [0.3, 0.4) is 0 Å². The SMILES string of the molecule is O=C(C=Cc1ccccc1)NC([NH+]1CCCC1)C(Cl)(Cl)Cl. The Hall–Kier alpha value is -0.740. The van der Waals surface area contributed by atoms with Gasteiger partial charge in [0.05, 0.1) is 13.1 Å². The van der Waals surface area contributed by atoms with Crippen LogP contribution >= 0.6 is 34.8 Å². The molecule has 1 aliphatic heterocycles. The van der Waals surface area contributed by atoms with E-state index in [0.717, 1.165) is 36.4 Å². The van der Waals surface area contributed by atoms with E-state index in [9.17, 15) is 4.79 Å². The van der Waals surface area contributed by atoms with Gasteiger partial charge in [0.15, 0.2) is 0 Å². The van der Waals surface area contributed by atoms with Gasteiger partial charge in [-0.25, -0.2) is 0 Å². The normalized spacial score (nSPS) is 18.0. The highest BCUT2D eigenvalue weighted by atomic mass is 35.6. The summed E-state index contributed by atoms with van der Waals surface area (Å²) in [5.74, 6) is -0.255. The molecule has 2 N–H and O–H groups in total. The summed E-state index contributed by atoms with van der Waals surface area (Å²) in [6, 6.07) is 9.59. The van der Waals surface area contributed by atoms with E-state index in [4.69, 9.17) is 34.8 Å². The highest BCUT2D eigenvalue weighted by molar-refractivity contribution is 6.68. The van der Waals surface area contributed by atoms with Gasteiger partial charge in [0.1, 0.15) is 0 Å². The van der Waals surface area contributed by atoms with Crippen molar-refractivity contribution >= 4 is 46.8 Å². The molecule has 0 saturated carbocycles. The van der Waals surface area contributed by atoms with Crippen molar-refractivity contribution in [3.8, 4) is 0 Å². The van der Waals surface area contributed by atoms with E-state index in [2.05, 4.69) is 5.32 Å². The van der Waals surface area contributed by atoms with Crippen molar-refractivity contribution in [1.29, 1.82) is 0 Å². The van der Waals surface area contributed by atoms with Crippen LogP contribution < -0.4 is 10.2 Å². The van der Waals surface area contributed by atoms with E-state index in [1.165, 1.54) is 6.08 Å². The van der Waals surface area contributed by atoms with Crippen molar-refractivity contribution in [2.45, 2.75) is 22.8 Å². The second kappa shape index (κ2) is 7.50. The van der Waals surface area contributed by atoms with Gasteiger partial charge in [0.25, 0.3) is 3.79 Å². The number of alkyl halides is 3. The standard InChI is InChI=1S/C15H17Cl3N2O/c16-15(17,18)14(20-10-4-5-11-20)19-13(21)9-8-12-6-2-1-3-7-12/h1-3,6-9,14H,4-5,10-11H2,(H,19,21)/p+1. The molecule has 1 unspecified atom stereocenters. The van der Waals surface area contributed by atoms with Gasteiger partial charge in [0.2, 0.25) is 12.1 Å². The lowest BCUT2D eigenvalue weighted by Crippen LogP contribution is -3.17. The fourth-order valence-corrected chi connectivity index (χ4v) is 3.09. The minimum atomic E-state index is -1.52. The summed E-state index contributed by atoms with van der Waals surface area (Å²) in [6.45, 7) is 1.81. The Labute approximate surface area is 139 Å². The van der Waals surface area contributed by atoms with Gasteiger partial charge in [-0.3, -0.25) is 10.1 Å². The molecular weight excluding hydrogens is 331 g/mol. The van der Waals surface area contributed by atoms with Crippen LogP contribution in [0.4, 0.5) is 0 Å². The first-order chi connectivity index (χ1) is 9.97. The number of nitrogens with one attached hydrogen (secondary N) is 2. The van der Waals surface area contributed by atoms with Crippen molar-refractivity contribution in [2.24, 2.45) is 0 Å². The van der Waals surface area contributed by atoms with Gasteiger partial charge in [-0.15, -0.1) is 0 Å². The number of hydrogen-bond donors (Lipinski definition) is 2. The first kappa shape index (κ1) is 16.6. The average Bonchev–Trinajstić information content (AvgIpc) is 2.96. The largest absolute Gasteiger partial charge is 0.312 e. The Morgan fingerprint density at radius 2 is 1.81 bits per heavy atom. The lowest BCUT2D eigenvalue weighted by atomic mass is 10.2. The first-order valence-corrected chi connectivity index (χ1v) is 8.05. The number of rotatable bonds is 4. The number of amides is 1. The zero-order chi connectivity index (χ0) is 15.3. The summed E-state index contributed by atoms with van der Waals surface area (Å²) in [4.78, 5) is 13.2. The van der Waals surface area contributed by atoms with E-state index in [1.54, 1.807) is 6.08 Å². The molecule has 3 nitrogen and oxygen atoms in total. The number of likely N-dealkylation sites (tertiary alicyclic amines) is 1. The Morgan fingerprint density at radius 3 is 2.38 bits per heavy atom. The zero-order valence-corrected chi connectivity index (χ0v) is 13.8. The molecule has 1 atom stereocenters. The lowest BCUT2D eigenvalue weighted by Gasteiger charge is -2.29. The van der Waals surface area contributed by atoms with Crippen LogP contribution in [-0.4, -0.2) is 29.0 Å². The molecule has 0 spiro atoms. The van der Waals surface area contributed by atoms with Gasteiger partial charge >= 0.3 is 0 Å². The maximum atomic E-state index is 12.0. The Balaban J connectivity index is 1.99. The Kier molecular flexibility index (Phi) is 5.94. The fraction of sp³-hybridized carbons (Fsp3) is 0.400. The van der Waals surface area contributed by atoms with E-state index in [-0.39, 0.29) is 5.91 Å². The molecule has 1 aromatic carbocycles. The molecule has 1 saturated heterocycles. The van der Waals surface area contributed by atoms with Crippen LogP contribution in [0.5, 0.6) is 0 Å².